The van der Waals surface area contributed by atoms with E-state index in [0.717, 1.165) is 4.31 Å². The number of rotatable bonds is 11. The Labute approximate surface area is 249 Å². The number of nitrogens with zero attached hydrogens (tertiary/aromatic N) is 2. The third kappa shape index (κ3) is 8.78. The van der Waals surface area contributed by atoms with Crippen LogP contribution in [0.25, 0.3) is 0 Å². The van der Waals surface area contributed by atoms with Gasteiger partial charge in [0.15, 0.2) is 0 Å². The Morgan fingerprint density at radius 2 is 1.77 bits per heavy atom. The molecule has 0 spiro atoms. The zero-order valence-electron chi connectivity index (χ0n) is 23.0. The second-order valence-electron chi connectivity index (χ2n) is 10.3. The largest absolute Gasteiger partial charge is 0.507 e. The predicted octanol–water partition coefficient (Wildman–Crippen LogP) is 5.77. The van der Waals surface area contributed by atoms with Gasteiger partial charge in [-0.15, -0.1) is 0 Å². The van der Waals surface area contributed by atoms with E-state index >= 15 is 0 Å². The average molecular weight is 655 g/mol. The quantitative estimate of drug-likeness (QED) is 0.267. The summed E-state index contributed by atoms with van der Waals surface area (Å²) in [5, 5.41) is 15.7. The zero-order valence-corrected chi connectivity index (χ0v) is 24.6. The molecule has 0 aliphatic carbocycles. The number of nitrogens with one attached hydrogen (secondary N) is 2. The van der Waals surface area contributed by atoms with Crippen molar-refractivity contribution in [3.8, 4) is 5.75 Å². The van der Waals surface area contributed by atoms with Gasteiger partial charge >= 0.3 is 12.4 Å². The van der Waals surface area contributed by atoms with Crippen LogP contribution in [0.15, 0.2) is 64.6 Å². The summed E-state index contributed by atoms with van der Waals surface area (Å²) in [6.07, 6.45) is -10.7. The molecule has 0 saturated carbocycles. The fourth-order valence-electron chi connectivity index (χ4n) is 4.26. The van der Waals surface area contributed by atoms with E-state index in [1.54, 1.807) is 13.8 Å². The molecular weight excluding hydrogens is 626 g/mol. The first-order valence-electron chi connectivity index (χ1n) is 12.8. The highest BCUT2D eigenvalue weighted by molar-refractivity contribution is 7.89. The van der Waals surface area contributed by atoms with Gasteiger partial charge in [0.1, 0.15) is 16.7 Å². The van der Waals surface area contributed by atoms with Crippen LogP contribution in [-0.4, -0.2) is 53.9 Å². The summed E-state index contributed by atoms with van der Waals surface area (Å²) in [5.74, 6) is -1.36. The summed E-state index contributed by atoms with van der Waals surface area (Å²) in [7, 11) is -4.80. The molecule has 3 rings (SSSR count). The van der Waals surface area contributed by atoms with Crippen molar-refractivity contribution in [1.82, 2.24) is 14.9 Å². The molecule has 0 saturated heterocycles. The van der Waals surface area contributed by atoms with Crippen molar-refractivity contribution in [2.75, 3.05) is 6.54 Å². The van der Waals surface area contributed by atoms with E-state index in [2.05, 4.69) is 22.2 Å². The maximum Gasteiger partial charge on any atom is 0.416 e. The van der Waals surface area contributed by atoms with Crippen LogP contribution in [0.2, 0.25) is 5.02 Å². The Bertz CT molecular complexity index is 1490. The molecular formula is C27H29ClF6N4O4S. The molecule has 1 atom stereocenters. The van der Waals surface area contributed by atoms with Gasteiger partial charge in [0.2, 0.25) is 5.91 Å². The van der Waals surface area contributed by atoms with E-state index in [9.17, 15) is 44.7 Å². The van der Waals surface area contributed by atoms with E-state index in [1.165, 1.54) is 24.3 Å². The van der Waals surface area contributed by atoms with E-state index in [-0.39, 0.29) is 30.9 Å². The molecule has 16 heteroatoms. The first-order valence-corrected chi connectivity index (χ1v) is 14.6. The lowest BCUT2D eigenvalue weighted by Gasteiger charge is -2.27. The Hall–Kier alpha value is -3.46. The standard InChI is InChI=1S/C27H29ClF6N4O4S/c1-16(4-11-22-36-23(25(2,3)37-22)24(40)35-13-12-26(29,30)31)38(15-17-5-8-19(28)9-6-17)43(41,42)21-14-18(27(32,33)34)7-10-20(21)39/h5-10,14,23,39H,1,4,11-13,15H2,2-3H3,(H,35,40)(H,36,37)/t23-/m0/s1. The number of carbonyl (C=O) groups excluding carboxylic acids is 1. The van der Waals surface area contributed by atoms with Crippen LogP contribution >= 0.6 is 11.6 Å². The fourth-order valence-corrected chi connectivity index (χ4v) is 5.98. The maximum absolute atomic E-state index is 13.7. The highest BCUT2D eigenvalue weighted by Crippen LogP contribution is 2.37. The Balaban J connectivity index is 1.83. The normalized spacial score (nSPS) is 16.8. The molecule has 236 valence electrons. The van der Waals surface area contributed by atoms with Gasteiger partial charge in [-0.2, -0.15) is 26.3 Å². The topological polar surface area (TPSA) is 111 Å². The van der Waals surface area contributed by atoms with Crippen molar-refractivity contribution < 1.29 is 44.7 Å². The van der Waals surface area contributed by atoms with Gasteiger partial charge in [0.25, 0.3) is 10.0 Å². The smallest absolute Gasteiger partial charge is 0.416 e. The van der Waals surface area contributed by atoms with E-state index in [0.29, 0.717) is 28.8 Å². The predicted molar refractivity (Wildman–Crippen MR) is 148 cm³/mol. The number of phenolic OH excluding ortho intramolecular Hbond substituents is 1. The van der Waals surface area contributed by atoms with Crippen LogP contribution in [0.3, 0.4) is 0 Å². The number of amides is 1. The van der Waals surface area contributed by atoms with Crippen molar-refractivity contribution in [3.63, 3.8) is 0 Å². The summed E-state index contributed by atoms with van der Waals surface area (Å²) < 4.78 is 106. The van der Waals surface area contributed by atoms with Crippen LogP contribution in [0, 0.1) is 0 Å². The Morgan fingerprint density at radius 3 is 2.35 bits per heavy atom. The van der Waals surface area contributed by atoms with Crippen LogP contribution in [0.1, 0.15) is 44.2 Å². The van der Waals surface area contributed by atoms with Gasteiger partial charge in [0.05, 0.1) is 29.9 Å². The highest BCUT2D eigenvalue weighted by atomic mass is 35.5. The minimum absolute atomic E-state index is 0.00416. The van der Waals surface area contributed by atoms with Crippen molar-refractivity contribution in [3.05, 3.63) is 70.9 Å². The van der Waals surface area contributed by atoms with Crippen LogP contribution < -0.4 is 10.6 Å². The van der Waals surface area contributed by atoms with Crippen LogP contribution in [-0.2, 0) is 27.5 Å². The van der Waals surface area contributed by atoms with Crippen molar-refractivity contribution >= 4 is 33.4 Å². The summed E-state index contributed by atoms with van der Waals surface area (Å²) >= 11 is 5.92. The summed E-state index contributed by atoms with van der Waals surface area (Å²) in [6.45, 7) is 6.00. The Kier molecular flexibility index (Phi) is 10.0. The number of allylic oxidation sites excluding steroid dienone is 1. The number of amidine groups is 1. The number of aromatic hydroxyl groups is 1. The van der Waals surface area contributed by atoms with Gasteiger partial charge in [0, 0.05) is 23.7 Å². The van der Waals surface area contributed by atoms with E-state index < -0.39 is 69.0 Å². The first-order chi connectivity index (χ1) is 19.7. The second-order valence-corrected chi connectivity index (χ2v) is 12.6. The van der Waals surface area contributed by atoms with Gasteiger partial charge in [-0.1, -0.05) is 30.3 Å². The molecule has 1 aliphatic heterocycles. The lowest BCUT2D eigenvalue weighted by Crippen LogP contribution is -2.52. The van der Waals surface area contributed by atoms with Crippen LogP contribution in [0.4, 0.5) is 26.3 Å². The van der Waals surface area contributed by atoms with E-state index in [1.807, 2.05) is 0 Å². The number of benzene rings is 2. The minimum atomic E-state index is -4.88. The van der Waals surface area contributed by atoms with E-state index in [4.69, 9.17) is 11.6 Å². The van der Waals surface area contributed by atoms with Crippen molar-refractivity contribution in [2.24, 2.45) is 4.99 Å². The molecule has 0 bridgehead atoms. The monoisotopic (exact) mass is 654 g/mol. The number of hydrogen-bond donors (Lipinski definition) is 3. The summed E-state index contributed by atoms with van der Waals surface area (Å²) in [5.41, 5.74) is -2.01. The number of sulfonamides is 1. The molecule has 1 aliphatic rings. The van der Waals surface area contributed by atoms with Gasteiger partial charge < -0.3 is 15.7 Å². The van der Waals surface area contributed by atoms with Crippen molar-refractivity contribution in [1.29, 1.82) is 0 Å². The van der Waals surface area contributed by atoms with Crippen molar-refractivity contribution in [2.45, 2.75) is 68.5 Å². The first kappa shape index (κ1) is 34.0. The Morgan fingerprint density at radius 1 is 1.14 bits per heavy atom. The highest BCUT2D eigenvalue weighted by Gasteiger charge is 2.41. The third-order valence-electron chi connectivity index (χ3n) is 6.51. The molecule has 0 aromatic heterocycles. The summed E-state index contributed by atoms with van der Waals surface area (Å²) in [6, 6.07) is 6.51. The van der Waals surface area contributed by atoms with Gasteiger partial charge in [-0.05, 0) is 56.2 Å². The molecule has 1 heterocycles. The van der Waals surface area contributed by atoms with Gasteiger partial charge in [-0.3, -0.25) is 14.1 Å². The molecule has 2 aromatic carbocycles. The zero-order chi connectivity index (χ0) is 32.4. The number of carbonyl (C=O) groups is 1. The number of halogens is 7. The number of aliphatic imine (C=N–C) groups is 1. The lowest BCUT2D eigenvalue weighted by molar-refractivity contribution is -0.138. The lowest BCUT2D eigenvalue weighted by atomic mass is 9.96. The molecule has 8 nitrogen and oxygen atoms in total. The van der Waals surface area contributed by atoms with Crippen LogP contribution in [0.5, 0.6) is 5.75 Å². The molecule has 0 unspecified atom stereocenters. The third-order valence-corrected chi connectivity index (χ3v) is 8.61. The van der Waals surface area contributed by atoms with Gasteiger partial charge in [-0.25, -0.2) is 8.42 Å². The molecule has 3 N–H and O–H groups in total. The SMILES string of the molecule is C=C(CCC1=NC(C)(C)[C@H](C(=O)NCCC(F)(F)F)N1)N(Cc1ccc(Cl)cc1)S(=O)(=O)c1cc(C(F)(F)F)ccc1O. The summed E-state index contributed by atoms with van der Waals surface area (Å²) in [4.78, 5) is 16.0. The maximum atomic E-state index is 13.7. The molecule has 43 heavy (non-hydrogen) atoms. The average Bonchev–Trinajstić information content (AvgIpc) is 3.19. The fraction of sp³-hybridized carbons (Fsp3) is 0.407. The molecule has 0 fully saturated rings. The second kappa shape index (κ2) is 12.6. The number of hydrogen-bond acceptors (Lipinski definition) is 6. The molecule has 1 amide bonds. The number of phenols is 1. The molecule has 0 radical (unpaired) electrons. The number of alkyl halides is 6. The molecule has 2 aromatic rings. The minimum Gasteiger partial charge on any atom is -0.507 e.